The van der Waals surface area contributed by atoms with Crippen LogP contribution in [0.25, 0.3) is 0 Å². The lowest BCUT2D eigenvalue weighted by molar-refractivity contribution is -0.255. The highest BCUT2D eigenvalue weighted by Crippen LogP contribution is 2.68. The van der Waals surface area contributed by atoms with Crippen molar-refractivity contribution in [2.24, 2.45) is 46.3 Å². The van der Waals surface area contributed by atoms with E-state index in [-0.39, 0.29) is 52.8 Å². The Bertz CT molecular complexity index is 679. The molecule has 4 aliphatic rings. The van der Waals surface area contributed by atoms with Crippen molar-refractivity contribution in [3.8, 4) is 0 Å². The zero-order valence-electron chi connectivity index (χ0n) is 18.6. The molecule has 10 atom stereocenters. The van der Waals surface area contributed by atoms with Crippen LogP contribution in [0, 0.1) is 46.3 Å². The summed E-state index contributed by atoms with van der Waals surface area (Å²) in [6, 6.07) is 0. The number of aliphatic carboxylic acids is 1. The summed E-state index contributed by atoms with van der Waals surface area (Å²) in [7, 11) is 0. The van der Waals surface area contributed by atoms with Crippen molar-refractivity contribution in [2.75, 3.05) is 0 Å². The number of fused-ring (bicyclic) bond motifs is 5. The average Bonchev–Trinajstić information content (AvgIpc) is 3.00. The van der Waals surface area contributed by atoms with Gasteiger partial charge in [0.25, 0.3) is 0 Å². The molecule has 0 aromatic carbocycles. The van der Waals surface area contributed by atoms with Gasteiger partial charge in [-0.1, -0.05) is 20.8 Å². The van der Waals surface area contributed by atoms with E-state index >= 15 is 0 Å². The predicted molar refractivity (Wildman–Crippen MR) is 111 cm³/mol. The van der Waals surface area contributed by atoms with Crippen molar-refractivity contribution in [2.45, 2.75) is 96.6 Å². The number of rotatable bonds is 4. The van der Waals surface area contributed by atoms with Gasteiger partial charge in [0, 0.05) is 19.3 Å². The Kier molecular flexibility index (Phi) is 5.57. The van der Waals surface area contributed by atoms with Crippen LogP contribution in [0.2, 0.25) is 0 Å². The van der Waals surface area contributed by atoms with E-state index in [1.165, 1.54) is 0 Å². The molecule has 4 fully saturated rings. The molecule has 5 N–H and O–H groups in total. The van der Waals surface area contributed by atoms with Crippen molar-refractivity contribution in [1.82, 2.24) is 0 Å². The molecule has 6 nitrogen and oxygen atoms in total. The van der Waals surface area contributed by atoms with Crippen molar-refractivity contribution in [3.63, 3.8) is 0 Å². The summed E-state index contributed by atoms with van der Waals surface area (Å²) in [6.07, 6.45) is 4.40. The maximum atomic E-state index is 11.5. The largest absolute Gasteiger partial charge is 0.481 e. The second-order valence-electron chi connectivity index (χ2n) is 11.7. The lowest BCUT2D eigenvalue weighted by Crippen LogP contribution is -2.63. The van der Waals surface area contributed by atoms with Crippen molar-refractivity contribution < 1.29 is 30.3 Å². The summed E-state index contributed by atoms with van der Waals surface area (Å²) < 4.78 is 0. The van der Waals surface area contributed by atoms with E-state index in [4.69, 9.17) is 5.11 Å². The van der Waals surface area contributed by atoms with E-state index in [2.05, 4.69) is 20.8 Å². The van der Waals surface area contributed by atoms with E-state index in [0.29, 0.717) is 38.5 Å². The first-order chi connectivity index (χ1) is 13.9. The van der Waals surface area contributed by atoms with Crippen LogP contribution in [-0.2, 0) is 4.79 Å². The fraction of sp³-hybridized carbons (Fsp3) is 0.958. The topological polar surface area (TPSA) is 118 Å². The van der Waals surface area contributed by atoms with Gasteiger partial charge in [0.15, 0.2) is 5.79 Å². The molecular weight excluding hydrogens is 384 g/mol. The number of aliphatic hydroxyl groups excluding tert-OH is 2. The van der Waals surface area contributed by atoms with Crippen LogP contribution in [-0.4, -0.2) is 49.5 Å². The van der Waals surface area contributed by atoms with Gasteiger partial charge in [-0.3, -0.25) is 4.79 Å². The van der Waals surface area contributed by atoms with Crippen molar-refractivity contribution in [3.05, 3.63) is 0 Å². The third-order valence-corrected chi connectivity index (χ3v) is 10.4. The maximum Gasteiger partial charge on any atom is 0.303 e. The summed E-state index contributed by atoms with van der Waals surface area (Å²) in [5.74, 6) is -1.32. The van der Waals surface area contributed by atoms with Crippen LogP contribution in [0.15, 0.2) is 0 Å². The van der Waals surface area contributed by atoms with Crippen LogP contribution in [0.5, 0.6) is 0 Å². The first-order valence-corrected chi connectivity index (χ1v) is 11.9. The molecule has 4 aliphatic carbocycles. The monoisotopic (exact) mass is 424 g/mol. The first kappa shape index (κ1) is 22.5. The van der Waals surface area contributed by atoms with Gasteiger partial charge in [-0.25, -0.2) is 0 Å². The highest BCUT2D eigenvalue weighted by molar-refractivity contribution is 5.66. The van der Waals surface area contributed by atoms with Crippen LogP contribution < -0.4 is 0 Å². The number of carbonyl (C=O) groups is 1. The SMILES string of the molecule is C[C@H](CCC(=O)O)[C@H]1CC[C@H]2[C@@H]3C(O)C[C@@H]4CC(O)(O)CC[C@]4(C)[C@H]3C[C@H](O)[C@]12C. The number of carboxylic acid groups (broad SMARTS) is 1. The molecule has 4 saturated carbocycles. The molecule has 4 rings (SSSR count). The minimum Gasteiger partial charge on any atom is -0.481 e. The van der Waals surface area contributed by atoms with Gasteiger partial charge in [-0.2, -0.15) is 0 Å². The van der Waals surface area contributed by atoms with Gasteiger partial charge < -0.3 is 25.5 Å². The van der Waals surface area contributed by atoms with Crippen molar-refractivity contribution >= 4 is 5.97 Å². The molecule has 0 amide bonds. The Labute approximate surface area is 179 Å². The molecule has 0 heterocycles. The molecule has 0 bridgehead atoms. The quantitative estimate of drug-likeness (QED) is 0.443. The normalized spacial score (nSPS) is 50.8. The van der Waals surface area contributed by atoms with Crippen LogP contribution >= 0.6 is 0 Å². The molecule has 6 heteroatoms. The van der Waals surface area contributed by atoms with Gasteiger partial charge >= 0.3 is 5.97 Å². The van der Waals surface area contributed by atoms with E-state index in [9.17, 15) is 25.2 Å². The smallest absolute Gasteiger partial charge is 0.303 e. The Morgan fingerprint density at radius 3 is 2.43 bits per heavy atom. The lowest BCUT2D eigenvalue weighted by Gasteiger charge is -2.64. The molecule has 0 radical (unpaired) electrons. The molecule has 0 aromatic rings. The molecular formula is C24H40O6. The van der Waals surface area contributed by atoms with Gasteiger partial charge in [-0.15, -0.1) is 0 Å². The summed E-state index contributed by atoms with van der Waals surface area (Å²) in [4.78, 5) is 11.1. The third-order valence-electron chi connectivity index (χ3n) is 10.4. The third kappa shape index (κ3) is 3.33. The second kappa shape index (κ2) is 7.43. The number of hydrogen-bond donors (Lipinski definition) is 5. The van der Waals surface area contributed by atoms with Gasteiger partial charge in [-0.05, 0) is 84.9 Å². The first-order valence-electron chi connectivity index (χ1n) is 11.9. The number of aliphatic hydroxyl groups is 4. The average molecular weight is 425 g/mol. The lowest BCUT2D eigenvalue weighted by atomic mass is 9.43. The van der Waals surface area contributed by atoms with E-state index in [1.54, 1.807) is 0 Å². The maximum absolute atomic E-state index is 11.5. The second-order valence-corrected chi connectivity index (χ2v) is 11.7. The molecule has 1 unspecified atom stereocenters. The van der Waals surface area contributed by atoms with Crippen LogP contribution in [0.1, 0.15) is 78.6 Å². The standard InChI is InChI=1S/C24H40O6/c1-13(4-7-20(27)28)15-5-6-16-21-17(11-19(26)23(15,16)3)22(2)8-9-24(29,30)12-14(22)10-18(21)25/h13-19,21,25-26,29-30H,4-12H2,1-3H3,(H,27,28)/t13-,14-,15-,16+,17+,18?,19+,21+,22+,23-/m1/s1. The highest BCUT2D eigenvalue weighted by atomic mass is 16.5. The van der Waals surface area contributed by atoms with Crippen LogP contribution in [0.3, 0.4) is 0 Å². The fourth-order valence-electron chi connectivity index (χ4n) is 8.68. The molecule has 0 aromatic heterocycles. The van der Waals surface area contributed by atoms with E-state index in [1.807, 2.05) is 0 Å². The zero-order valence-corrected chi connectivity index (χ0v) is 18.6. The van der Waals surface area contributed by atoms with Crippen LogP contribution in [0.4, 0.5) is 0 Å². The Morgan fingerprint density at radius 1 is 1.07 bits per heavy atom. The molecule has 0 aliphatic heterocycles. The minimum absolute atomic E-state index is 0.0562. The number of carboxylic acids is 1. The summed E-state index contributed by atoms with van der Waals surface area (Å²) in [6.45, 7) is 6.55. The van der Waals surface area contributed by atoms with Gasteiger partial charge in [0.05, 0.1) is 12.2 Å². The molecule has 0 spiro atoms. The molecule has 30 heavy (non-hydrogen) atoms. The Hall–Kier alpha value is -0.690. The van der Waals surface area contributed by atoms with E-state index in [0.717, 1.165) is 12.8 Å². The molecule has 0 saturated heterocycles. The van der Waals surface area contributed by atoms with E-state index < -0.39 is 24.0 Å². The Morgan fingerprint density at radius 2 is 1.77 bits per heavy atom. The highest BCUT2D eigenvalue weighted by Gasteiger charge is 2.66. The van der Waals surface area contributed by atoms with Gasteiger partial charge in [0.1, 0.15) is 0 Å². The summed E-state index contributed by atoms with van der Waals surface area (Å²) in [5.41, 5.74) is -0.385. The summed E-state index contributed by atoms with van der Waals surface area (Å²) in [5, 5.41) is 52.3. The minimum atomic E-state index is -1.64. The molecule has 172 valence electrons. The zero-order chi connectivity index (χ0) is 22.1. The summed E-state index contributed by atoms with van der Waals surface area (Å²) >= 11 is 0. The Balaban J connectivity index is 1.61. The van der Waals surface area contributed by atoms with Crippen molar-refractivity contribution in [1.29, 1.82) is 0 Å². The predicted octanol–water partition coefficient (Wildman–Crippen LogP) is 2.77. The number of hydrogen-bond acceptors (Lipinski definition) is 5. The fourth-order valence-corrected chi connectivity index (χ4v) is 8.68. The van der Waals surface area contributed by atoms with Gasteiger partial charge in [0.2, 0.25) is 0 Å².